The fourth-order valence-electron chi connectivity index (χ4n) is 4.68. The molecule has 0 aromatic rings. The van der Waals surface area contributed by atoms with E-state index in [9.17, 15) is 9.59 Å². The van der Waals surface area contributed by atoms with Crippen LogP contribution in [-0.4, -0.2) is 79.0 Å². The molecule has 4 aliphatic rings. The van der Waals surface area contributed by atoms with E-state index in [0.29, 0.717) is 63.1 Å². The fourth-order valence-corrected chi connectivity index (χ4v) is 4.68. The van der Waals surface area contributed by atoms with Crippen LogP contribution in [-0.2, 0) is 23.8 Å². The number of carbonyl (C=O) groups is 2. The Bertz CT molecular complexity index is 620. The Balaban J connectivity index is 1.51. The number of nitrogens with zero attached hydrogens (tertiary/aromatic N) is 2. The molecule has 7 heteroatoms. The van der Waals surface area contributed by atoms with Crippen molar-refractivity contribution >= 4 is 11.9 Å². The van der Waals surface area contributed by atoms with Gasteiger partial charge in [-0.05, 0) is 13.5 Å². The highest BCUT2D eigenvalue weighted by atomic mass is 16.7. The molecule has 0 N–H and O–H groups in total. The molecule has 144 valence electrons. The molecule has 4 aliphatic heterocycles. The first kappa shape index (κ1) is 17.9. The van der Waals surface area contributed by atoms with Crippen LogP contribution in [0.25, 0.3) is 0 Å². The second kappa shape index (κ2) is 6.62. The lowest BCUT2D eigenvalue weighted by Gasteiger charge is -2.42. The number of esters is 1. The number of amides is 1. The van der Waals surface area contributed by atoms with Crippen molar-refractivity contribution in [1.29, 1.82) is 0 Å². The lowest BCUT2D eigenvalue weighted by molar-refractivity contribution is -0.187. The molecular weight excluding hydrogens is 336 g/mol. The minimum absolute atomic E-state index is 0.0499. The Morgan fingerprint density at radius 3 is 2.23 bits per heavy atom. The van der Waals surface area contributed by atoms with E-state index in [1.165, 1.54) is 0 Å². The number of piperidine rings is 2. The molecule has 4 rings (SSSR count). The van der Waals surface area contributed by atoms with E-state index in [4.69, 9.17) is 14.2 Å². The largest absolute Gasteiger partial charge is 0.450 e. The summed E-state index contributed by atoms with van der Waals surface area (Å²) >= 11 is 0. The number of likely N-dealkylation sites (tertiary alicyclic amines) is 2. The van der Waals surface area contributed by atoms with Crippen LogP contribution in [0.5, 0.6) is 0 Å². The van der Waals surface area contributed by atoms with Crippen LogP contribution in [0.4, 0.5) is 0 Å². The van der Waals surface area contributed by atoms with E-state index in [0.717, 1.165) is 19.6 Å². The first-order chi connectivity index (χ1) is 12.5. The second-order valence-corrected chi connectivity index (χ2v) is 7.72. The number of hydrogen-bond acceptors (Lipinski definition) is 6. The van der Waals surface area contributed by atoms with Crippen molar-refractivity contribution < 1.29 is 23.8 Å². The van der Waals surface area contributed by atoms with Crippen LogP contribution in [0.3, 0.4) is 0 Å². The van der Waals surface area contributed by atoms with Gasteiger partial charge in [-0.15, -0.1) is 0 Å². The zero-order chi connectivity index (χ0) is 18.4. The van der Waals surface area contributed by atoms with Gasteiger partial charge in [0.25, 0.3) is 5.91 Å². The molecule has 7 nitrogen and oxygen atoms in total. The summed E-state index contributed by atoms with van der Waals surface area (Å²) in [6.45, 7) is 8.94. The Morgan fingerprint density at radius 1 is 1.04 bits per heavy atom. The highest BCUT2D eigenvalue weighted by Gasteiger charge is 2.52. The van der Waals surface area contributed by atoms with Crippen molar-refractivity contribution in [3.63, 3.8) is 0 Å². The lowest BCUT2D eigenvalue weighted by Crippen LogP contribution is -2.52. The Labute approximate surface area is 154 Å². The first-order valence-electron chi connectivity index (χ1n) is 9.73. The molecule has 3 saturated heterocycles. The molecule has 0 aromatic carbocycles. The third-order valence-electron chi connectivity index (χ3n) is 6.38. The maximum absolute atomic E-state index is 13.3. The monoisotopic (exact) mass is 364 g/mol. The molecular formula is C19H28N2O5. The average molecular weight is 364 g/mol. The van der Waals surface area contributed by atoms with Crippen molar-refractivity contribution in [3.8, 4) is 0 Å². The zero-order valence-corrected chi connectivity index (χ0v) is 15.7. The van der Waals surface area contributed by atoms with E-state index >= 15 is 0 Å². The van der Waals surface area contributed by atoms with E-state index < -0.39 is 11.4 Å². The Kier molecular flexibility index (Phi) is 4.57. The van der Waals surface area contributed by atoms with Crippen LogP contribution in [0.2, 0.25) is 0 Å². The molecule has 0 atom stereocenters. The number of ether oxygens (including phenoxy) is 3. The van der Waals surface area contributed by atoms with Gasteiger partial charge in [-0.3, -0.25) is 4.79 Å². The molecule has 4 heterocycles. The third kappa shape index (κ3) is 2.86. The molecule has 0 bridgehead atoms. The Hall–Kier alpha value is -1.44. The van der Waals surface area contributed by atoms with Crippen molar-refractivity contribution in [2.75, 3.05) is 45.9 Å². The summed E-state index contributed by atoms with van der Waals surface area (Å²) < 4.78 is 17.3. The summed E-state index contributed by atoms with van der Waals surface area (Å²) in [7, 11) is 0. The van der Waals surface area contributed by atoms with Crippen LogP contribution in [0.1, 0.15) is 39.5 Å². The smallest absolute Gasteiger partial charge is 0.335 e. The van der Waals surface area contributed by atoms with Gasteiger partial charge in [-0.1, -0.05) is 6.92 Å². The predicted octanol–water partition coefficient (Wildman–Crippen LogP) is 1.08. The lowest BCUT2D eigenvalue weighted by atomic mass is 9.82. The molecule has 26 heavy (non-hydrogen) atoms. The first-order valence-corrected chi connectivity index (χ1v) is 9.73. The standard InChI is InChI=1S/C19H28N2O5/c1-3-20-8-4-18(5-9-20)15(14(2)17(23)26-18)16(22)21-10-6-19(7-11-21)24-12-13-25-19/h3-13H2,1-2H3. The highest BCUT2D eigenvalue weighted by Crippen LogP contribution is 2.42. The average Bonchev–Trinajstić information content (AvgIpc) is 3.19. The molecule has 2 spiro atoms. The minimum atomic E-state index is -0.737. The quantitative estimate of drug-likeness (QED) is 0.683. The van der Waals surface area contributed by atoms with E-state index in [1.54, 1.807) is 6.92 Å². The van der Waals surface area contributed by atoms with Crippen LogP contribution < -0.4 is 0 Å². The van der Waals surface area contributed by atoms with Crippen LogP contribution >= 0.6 is 0 Å². The maximum Gasteiger partial charge on any atom is 0.335 e. The second-order valence-electron chi connectivity index (χ2n) is 7.72. The van der Waals surface area contributed by atoms with Crippen molar-refractivity contribution in [2.24, 2.45) is 0 Å². The molecule has 0 aliphatic carbocycles. The summed E-state index contributed by atoms with van der Waals surface area (Å²) in [4.78, 5) is 29.8. The van der Waals surface area contributed by atoms with Gasteiger partial charge in [0.2, 0.25) is 0 Å². The van der Waals surface area contributed by atoms with Crippen molar-refractivity contribution in [2.45, 2.75) is 50.9 Å². The Morgan fingerprint density at radius 2 is 1.65 bits per heavy atom. The van der Waals surface area contributed by atoms with Gasteiger partial charge in [0.05, 0.1) is 18.8 Å². The van der Waals surface area contributed by atoms with Crippen LogP contribution in [0.15, 0.2) is 11.1 Å². The number of carbonyl (C=O) groups excluding carboxylic acids is 2. The number of hydrogen-bond donors (Lipinski definition) is 0. The topological polar surface area (TPSA) is 68.3 Å². The molecule has 3 fully saturated rings. The van der Waals surface area contributed by atoms with Gasteiger partial charge in [-0.25, -0.2) is 4.79 Å². The summed E-state index contributed by atoms with van der Waals surface area (Å²) in [5.41, 5.74) is 0.329. The molecule has 0 radical (unpaired) electrons. The SMILES string of the molecule is CCN1CCC2(CC1)OC(=O)C(C)=C2C(=O)N1CCC2(CC1)OCCO2. The third-order valence-corrected chi connectivity index (χ3v) is 6.38. The van der Waals surface area contributed by atoms with Gasteiger partial charge in [0.15, 0.2) is 5.79 Å². The van der Waals surface area contributed by atoms with Crippen molar-refractivity contribution in [1.82, 2.24) is 9.80 Å². The summed E-state index contributed by atoms with van der Waals surface area (Å²) in [5, 5.41) is 0. The van der Waals surface area contributed by atoms with Crippen molar-refractivity contribution in [3.05, 3.63) is 11.1 Å². The van der Waals surface area contributed by atoms with Gasteiger partial charge < -0.3 is 24.0 Å². The van der Waals surface area contributed by atoms with Gasteiger partial charge in [-0.2, -0.15) is 0 Å². The van der Waals surface area contributed by atoms with E-state index in [1.807, 2.05) is 4.90 Å². The number of rotatable bonds is 2. The minimum Gasteiger partial charge on any atom is -0.450 e. The predicted molar refractivity (Wildman–Crippen MR) is 93.3 cm³/mol. The summed E-state index contributed by atoms with van der Waals surface area (Å²) in [6, 6.07) is 0. The molecule has 0 saturated carbocycles. The highest BCUT2D eigenvalue weighted by molar-refractivity contribution is 6.07. The zero-order valence-electron chi connectivity index (χ0n) is 15.7. The normalized spacial score (nSPS) is 28.2. The molecule has 0 unspecified atom stereocenters. The van der Waals surface area contributed by atoms with E-state index in [-0.39, 0.29) is 11.9 Å². The van der Waals surface area contributed by atoms with Gasteiger partial charge in [0.1, 0.15) is 5.60 Å². The molecule has 0 aromatic heterocycles. The van der Waals surface area contributed by atoms with Gasteiger partial charge >= 0.3 is 5.97 Å². The summed E-state index contributed by atoms with van der Waals surface area (Å²) in [6.07, 6.45) is 2.73. The fraction of sp³-hybridized carbons (Fsp3) is 0.789. The molecule has 1 amide bonds. The maximum atomic E-state index is 13.3. The van der Waals surface area contributed by atoms with Gasteiger partial charge in [0, 0.05) is 57.4 Å². The van der Waals surface area contributed by atoms with E-state index in [2.05, 4.69) is 11.8 Å². The van der Waals surface area contributed by atoms with Crippen LogP contribution in [0, 0.1) is 0 Å². The summed E-state index contributed by atoms with van der Waals surface area (Å²) in [5.74, 6) is -0.896.